The van der Waals surface area contributed by atoms with Crippen LogP contribution >= 0.6 is 23.2 Å². The molecule has 0 bridgehead atoms. The highest BCUT2D eigenvalue weighted by atomic mass is 35.5. The van der Waals surface area contributed by atoms with Gasteiger partial charge < -0.3 is 19.7 Å². The fraction of sp³-hybridized carbons (Fsp3) is 0.364. The summed E-state index contributed by atoms with van der Waals surface area (Å²) in [4.78, 5) is 18.5. The molecule has 2 saturated heterocycles. The van der Waals surface area contributed by atoms with Crippen LogP contribution in [0.3, 0.4) is 0 Å². The van der Waals surface area contributed by atoms with E-state index in [9.17, 15) is 10.2 Å². The standard InChI is InChI=1S/C33H35Cl2N5O4/c1-43-32-20(16-39-14-11-22(41)18-39)6-8-27(37-32)24-4-3-5-26(29(24)34)31-30(35)25(10-13-36-31)28-9-7-21(33(38-28)44-2)17-40-15-12-23(42)19-40/h3-10,13,22-23,41-42H,11-12,14-19H2,1-2H3/t22-,23+/m0/s1. The second-order valence-electron chi connectivity index (χ2n) is 11.3. The van der Waals surface area contributed by atoms with Gasteiger partial charge in [-0.2, -0.15) is 0 Å². The number of hydrogen-bond acceptors (Lipinski definition) is 9. The first kappa shape index (κ1) is 30.7. The lowest BCUT2D eigenvalue weighted by molar-refractivity contribution is 0.174. The van der Waals surface area contributed by atoms with Crippen molar-refractivity contribution in [1.29, 1.82) is 0 Å². The molecule has 230 valence electrons. The summed E-state index contributed by atoms with van der Waals surface area (Å²) >= 11 is 14.0. The van der Waals surface area contributed by atoms with E-state index in [1.807, 2.05) is 48.5 Å². The summed E-state index contributed by atoms with van der Waals surface area (Å²) in [5, 5.41) is 20.7. The largest absolute Gasteiger partial charge is 0.481 e. The number of ether oxygens (including phenoxy) is 2. The lowest BCUT2D eigenvalue weighted by Crippen LogP contribution is -2.22. The molecule has 0 aliphatic carbocycles. The van der Waals surface area contributed by atoms with Crippen LogP contribution in [0.15, 0.2) is 54.7 Å². The van der Waals surface area contributed by atoms with Crippen molar-refractivity contribution < 1.29 is 19.7 Å². The van der Waals surface area contributed by atoms with E-state index in [1.165, 1.54) is 0 Å². The van der Waals surface area contributed by atoms with Crippen molar-refractivity contribution in [2.75, 3.05) is 40.4 Å². The molecule has 44 heavy (non-hydrogen) atoms. The number of nitrogens with zero attached hydrogens (tertiary/aromatic N) is 5. The summed E-state index contributed by atoms with van der Waals surface area (Å²) < 4.78 is 11.3. The first-order valence-corrected chi connectivity index (χ1v) is 15.4. The number of halogens is 2. The summed E-state index contributed by atoms with van der Waals surface area (Å²) in [6.45, 7) is 4.24. The summed E-state index contributed by atoms with van der Waals surface area (Å²) in [7, 11) is 3.21. The Morgan fingerprint density at radius 2 is 1.25 bits per heavy atom. The molecule has 4 aromatic rings. The average Bonchev–Trinajstić information content (AvgIpc) is 3.64. The van der Waals surface area contributed by atoms with Crippen LogP contribution in [0.2, 0.25) is 10.0 Å². The first-order chi connectivity index (χ1) is 21.3. The maximum atomic E-state index is 9.90. The number of hydrogen-bond donors (Lipinski definition) is 2. The van der Waals surface area contributed by atoms with E-state index in [2.05, 4.69) is 14.8 Å². The molecule has 0 saturated carbocycles. The van der Waals surface area contributed by atoms with Gasteiger partial charge in [-0.05, 0) is 31.0 Å². The topological polar surface area (TPSA) is 104 Å². The molecule has 1 aromatic carbocycles. The number of methoxy groups -OCH3 is 2. The van der Waals surface area contributed by atoms with Crippen LogP contribution in [0.25, 0.3) is 33.8 Å². The van der Waals surface area contributed by atoms with Crippen LogP contribution in [0.1, 0.15) is 24.0 Å². The van der Waals surface area contributed by atoms with Gasteiger partial charge in [0.1, 0.15) is 0 Å². The van der Waals surface area contributed by atoms with Crippen molar-refractivity contribution in [1.82, 2.24) is 24.8 Å². The average molecular weight is 637 g/mol. The predicted octanol–water partition coefficient (Wildman–Crippen LogP) is 5.33. The number of benzene rings is 1. The molecular weight excluding hydrogens is 601 g/mol. The van der Waals surface area contributed by atoms with Gasteiger partial charge >= 0.3 is 0 Å². The molecule has 0 unspecified atom stereocenters. The summed E-state index contributed by atoms with van der Waals surface area (Å²) in [6.07, 6.45) is 2.65. The monoisotopic (exact) mass is 635 g/mol. The quantitative estimate of drug-likeness (QED) is 0.252. The zero-order chi connectivity index (χ0) is 30.8. The second-order valence-corrected chi connectivity index (χ2v) is 12.0. The van der Waals surface area contributed by atoms with Gasteiger partial charge in [-0.3, -0.25) is 14.8 Å². The lowest BCUT2D eigenvalue weighted by Gasteiger charge is -2.18. The zero-order valence-corrected chi connectivity index (χ0v) is 26.2. The minimum atomic E-state index is -0.291. The Labute approximate surface area is 267 Å². The molecule has 9 nitrogen and oxygen atoms in total. The number of pyridine rings is 3. The highest BCUT2D eigenvalue weighted by Crippen LogP contribution is 2.41. The molecule has 2 atom stereocenters. The summed E-state index contributed by atoms with van der Waals surface area (Å²) in [6, 6.07) is 15.4. The van der Waals surface area contributed by atoms with Gasteiger partial charge in [0.15, 0.2) is 0 Å². The predicted molar refractivity (Wildman–Crippen MR) is 171 cm³/mol. The van der Waals surface area contributed by atoms with Crippen LogP contribution in [-0.2, 0) is 13.1 Å². The van der Waals surface area contributed by atoms with Crippen LogP contribution in [0.5, 0.6) is 11.8 Å². The molecule has 0 spiro atoms. The molecular formula is C33H35Cl2N5O4. The Hall–Kier alpha value is -3.31. The Kier molecular flexibility index (Phi) is 9.32. The van der Waals surface area contributed by atoms with E-state index in [-0.39, 0.29) is 12.2 Å². The SMILES string of the molecule is COc1nc(-c2cccc(-c3nccc(-c4ccc(CN5CC[C@@H](O)C5)c(OC)n4)c3Cl)c2Cl)ccc1CN1CC[C@H](O)C1. The summed E-state index contributed by atoms with van der Waals surface area (Å²) in [5.74, 6) is 1.04. The van der Waals surface area contributed by atoms with Crippen LogP contribution < -0.4 is 9.47 Å². The van der Waals surface area contributed by atoms with E-state index in [1.54, 1.807) is 20.4 Å². The molecule has 6 rings (SSSR count). The van der Waals surface area contributed by atoms with Crippen molar-refractivity contribution in [3.8, 4) is 45.5 Å². The maximum absolute atomic E-state index is 9.90. The van der Waals surface area contributed by atoms with Gasteiger partial charge in [0.05, 0.1) is 53.6 Å². The fourth-order valence-electron chi connectivity index (χ4n) is 5.97. The number of β-amino-alcohol motifs (C(OH)–C–C–N with tert-alkyl or cyclic N) is 2. The highest BCUT2D eigenvalue weighted by Gasteiger charge is 2.24. The van der Waals surface area contributed by atoms with Gasteiger partial charge in [-0.25, -0.2) is 9.97 Å². The van der Waals surface area contributed by atoms with Gasteiger partial charge in [0.2, 0.25) is 11.8 Å². The minimum absolute atomic E-state index is 0.290. The first-order valence-electron chi connectivity index (χ1n) is 14.7. The molecule has 5 heterocycles. The lowest BCUT2D eigenvalue weighted by atomic mass is 10.0. The minimum Gasteiger partial charge on any atom is -0.481 e. The fourth-order valence-corrected chi connectivity index (χ4v) is 6.59. The van der Waals surface area contributed by atoms with E-state index in [4.69, 9.17) is 42.6 Å². The third-order valence-electron chi connectivity index (χ3n) is 8.24. The van der Waals surface area contributed by atoms with Crippen molar-refractivity contribution in [3.05, 3.63) is 75.9 Å². The van der Waals surface area contributed by atoms with Gasteiger partial charge in [-0.15, -0.1) is 0 Å². The van der Waals surface area contributed by atoms with Crippen molar-refractivity contribution in [2.24, 2.45) is 0 Å². The van der Waals surface area contributed by atoms with E-state index < -0.39 is 0 Å². The molecule has 0 amide bonds. The maximum Gasteiger partial charge on any atom is 0.218 e. The second kappa shape index (κ2) is 13.4. The van der Waals surface area contributed by atoms with Gasteiger partial charge in [-0.1, -0.05) is 53.5 Å². The van der Waals surface area contributed by atoms with Crippen molar-refractivity contribution in [3.63, 3.8) is 0 Å². The van der Waals surface area contributed by atoms with Gasteiger partial charge in [0.25, 0.3) is 0 Å². The molecule has 0 radical (unpaired) electrons. The molecule has 2 aliphatic heterocycles. The van der Waals surface area contributed by atoms with Crippen molar-refractivity contribution in [2.45, 2.75) is 38.1 Å². The zero-order valence-electron chi connectivity index (χ0n) is 24.7. The molecule has 2 fully saturated rings. The van der Waals surface area contributed by atoms with Crippen LogP contribution in [0, 0.1) is 0 Å². The Bertz CT molecular complexity index is 1530. The number of aliphatic hydroxyl groups excluding tert-OH is 2. The van der Waals surface area contributed by atoms with Crippen molar-refractivity contribution >= 4 is 23.2 Å². The number of aromatic nitrogens is 3. The van der Waals surface area contributed by atoms with E-state index in [0.29, 0.717) is 76.2 Å². The van der Waals surface area contributed by atoms with Gasteiger partial charge in [0, 0.05) is 73.3 Å². The molecule has 11 heteroatoms. The Morgan fingerprint density at radius 1 is 0.727 bits per heavy atom. The smallest absolute Gasteiger partial charge is 0.218 e. The third kappa shape index (κ3) is 6.40. The Balaban J connectivity index is 1.29. The molecule has 2 aliphatic rings. The third-order valence-corrected chi connectivity index (χ3v) is 9.03. The van der Waals surface area contributed by atoms with E-state index >= 15 is 0 Å². The van der Waals surface area contributed by atoms with Crippen LogP contribution in [0.4, 0.5) is 0 Å². The van der Waals surface area contributed by atoms with Crippen LogP contribution in [-0.4, -0.2) is 87.6 Å². The summed E-state index contributed by atoms with van der Waals surface area (Å²) in [5.41, 5.74) is 5.84. The number of likely N-dealkylation sites (tertiary alicyclic amines) is 2. The number of rotatable bonds is 9. The highest BCUT2D eigenvalue weighted by molar-refractivity contribution is 6.39. The normalized spacial score (nSPS) is 19.0. The molecule has 2 N–H and O–H groups in total. The Morgan fingerprint density at radius 3 is 1.75 bits per heavy atom. The van der Waals surface area contributed by atoms with E-state index in [0.717, 1.165) is 42.6 Å². The molecule has 3 aromatic heterocycles. The number of aliphatic hydroxyl groups is 2.